The molecule has 9 heteroatoms. The topological polar surface area (TPSA) is 115 Å². The molecule has 3 rings (SSSR count). The molecule has 0 aliphatic heterocycles. The van der Waals surface area contributed by atoms with Gasteiger partial charge in [0, 0.05) is 11.8 Å². The Morgan fingerprint density at radius 3 is 2.50 bits per heavy atom. The van der Waals surface area contributed by atoms with Gasteiger partial charge in [-0.05, 0) is 49.3 Å². The molecule has 1 aliphatic carbocycles. The van der Waals surface area contributed by atoms with Crippen LogP contribution >= 0.6 is 0 Å². The third-order valence-electron chi connectivity index (χ3n) is 5.22. The van der Waals surface area contributed by atoms with Gasteiger partial charge in [0.25, 0.3) is 5.09 Å². The second-order valence-electron chi connectivity index (χ2n) is 7.25. The normalized spacial score (nSPS) is 15.5. The highest BCUT2D eigenvalue weighted by molar-refractivity contribution is 7.90. The molecule has 2 aromatic rings. The van der Waals surface area contributed by atoms with E-state index >= 15 is 0 Å². The van der Waals surface area contributed by atoms with Crippen LogP contribution in [-0.2, 0) is 21.1 Å². The van der Waals surface area contributed by atoms with E-state index < -0.39 is 14.9 Å². The van der Waals surface area contributed by atoms with E-state index in [-0.39, 0.29) is 11.5 Å². The average Bonchev–Trinajstić information content (AvgIpc) is 3.09. The fraction of sp³-hybridized carbons (Fsp3) is 0.526. The molecule has 1 heterocycles. The molecule has 0 atom stereocenters. The summed E-state index contributed by atoms with van der Waals surface area (Å²) in [5, 5.41) is 17.2. The van der Waals surface area contributed by atoms with Crippen molar-refractivity contribution in [2.24, 2.45) is 0 Å². The van der Waals surface area contributed by atoms with Gasteiger partial charge < -0.3 is 4.84 Å². The van der Waals surface area contributed by atoms with Gasteiger partial charge in [-0.2, -0.15) is 5.10 Å². The van der Waals surface area contributed by atoms with Gasteiger partial charge in [0.2, 0.25) is 0 Å². The van der Waals surface area contributed by atoms with Crippen LogP contribution in [0.3, 0.4) is 0 Å². The van der Waals surface area contributed by atoms with Crippen molar-refractivity contribution in [1.29, 1.82) is 0 Å². The SMILES string of the molecule is CS(=O)(=O)c1ccc(-c2[nH]nc(CCCO[N+](=O)[O-])c2C2CCCCC2)cc1. The highest BCUT2D eigenvalue weighted by Gasteiger charge is 2.25. The molecule has 1 saturated carbocycles. The fourth-order valence-electron chi connectivity index (χ4n) is 3.88. The lowest BCUT2D eigenvalue weighted by molar-refractivity contribution is -0.757. The maximum Gasteiger partial charge on any atom is 0.294 e. The molecule has 1 aromatic heterocycles. The van der Waals surface area contributed by atoms with E-state index in [4.69, 9.17) is 0 Å². The Balaban J connectivity index is 1.88. The van der Waals surface area contributed by atoms with Gasteiger partial charge in [-0.25, -0.2) is 8.42 Å². The summed E-state index contributed by atoms with van der Waals surface area (Å²) in [6.45, 7) is 0.0440. The number of H-pyrrole nitrogens is 1. The number of aromatic amines is 1. The quantitative estimate of drug-likeness (QED) is 0.405. The van der Waals surface area contributed by atoms with Gasteiger partial charge in [0.1, 0.15) is 0 Å². The van der Waals surface area contributed by atoms with E-state index in [1.54, 1.807) is 24.3 Å². The molecule has 0 amide bonds. The Kier molecular flexibility index (Phi) is 6.33. The van der Waals surface area contributed by atoms with Crippen LogP contribution in [0, 0.1) is 10.1 Å². The van der Waals surface area contributed by atoms with Gasteiger partial charge in [-0.1, -0.05) is 31.4 Å². The molecular weight excluding hydrogens is 382 g/mol. The van der Waals surface area contributed by atoms with Crippen molar-refractivity contribution in [3.05, 3.63) is 45.6 Å². The van der Waals surface area contributed by atoms with Crippen LogP contribution in [0.4, 0.5) is 0 Å². The molecule has 152 valence electrons. The van der Waals surface area contributed by atoms with Gasteiger partial charge in [-0.3, -0.25) is 5.10 Å². The molecule has 0 bridgehead atoms. The summed E-state index contributed by atoms with van der Waals surface area (Å²) in [6.07, 6.45) is 8.06. The summed E-state index contributed by atoms with van der Waals surface area (Å²) in [6, 6.07) is 6.83. The Morgan fingerprint density at radius 1 is 1.21 bits per heavy atom. The number of aryl methyl sites for hydroxylation is 1. The van der Waals surface area contributed by atoms with E-state index in [9.17, 15) is 18.5 Å². The summed E-state index contributed by atoms with van der Waals surface area (Å²) >= 11 is 0. The van der Waals surface area contributed by atoms with Crippen LogP contribution in [-0.4, -0.2) is 36.6 Å². The van der Waals surface area contributed by atoms with Crippen molar-refractivity contribution in [2.45, 2.75) is 55.8 Å². The van der Waals surface area contributed by atoms with Crippen molar-refractivity contribution in [1.82, 2.24) is 10.2 Å². The third-order valence-corrected chi connectivity index (χ3v) is 6.35. The molecule has 1 aliphatic rings. The van der Waals surface area contributed by atoms with Gasteiger partial charge >= 0.3 is 0 Å². The molecular formula is C19H25N3O5S. The van der Waals surface area contributed by atoms with Crippen LogP contribution < -0.4 is 0 Å². The number of hydrogen-bond donors (Lipinski definition) is 1. The van der Waals surface area contributed by atoms with Gasteiger partial charge in [0.15, 0.2) is 9.84 Å². The lowest BCUT2D eigenvalue weighted by Gasteiger charge is -2.23. The predicted molar refractivity (Wildman–Crippen MR) is 104 cm³/mol. The van der Waals surface area contributed by atoms with E-state index in [1.807, 2.05) is 0 Å². The minimum absolute atomic E-state index is 0.0440. The second kappa shape index (κ2) is 8.72. The zero-order valence-corrected chi connectivity index (χ0v) is 16.7. The van der Waals surface area contributed by atoms with Crippen LogP contribution in [0.15, 0.2) is 29.2 Å². The molecule has 0 unspecified atom stereocenters. The average molecular weight is 407 g/mol. The van der Waals surface area contributed by atoms with E-state index in [0.717, 1.165) is 35.4 Å². The fourth-order valence-corrected chi connectivity index (χ4v) is 4.51. The molecule has 1 N–H and O–H groups in total. The third kappa shape index (κ3) is 4.89. The van der Waals surface area contributed by atoms with E-state index in [1.165, 1.54) is 25.5 Å². The summed E-state index contributed by atoms with van der Waals surface area (Å²) in [5.41, 5.74) is 3.89. The number of nitrogens with one attached hydrogen (secondary N) is 1. The van der Waals surface area contributed by atoms with Crippen molar-refractivity contribution in [3.63, 3.8) is 0 Å². The van der Waals surface area contributed by atoms with E-state index in [2.05, 4.69) is 15.0 Å². The lowest BCUT2D eigenvalue weighted by atomic mass is 9.81. The first-order chi connectivity index (χ1) is 13.4. The lowest BCUT2D eigenvalue weighted by Crippen LogP contribution is -2.09. The molecule has 1 aromatic carbocycles. The van der Waals surface area contributed by atoms with E-state index in [0.29, 0.717) is 18.8 Å². The second-order valence-corrected chi connectivity index (χ2v) is 9.27. The van der Waals surface area contributed by atoms with Crippen molar-refractivity contribution in [2.75, 3.05) is 12.9 Å². The highest BCUT2D eigenvalue weighted by Crippen LogP contribution is 2.39. The number of benzene rings is 1. The first-order valence-corrected chi connectivity index (χ1v) is 11.4. The summed E-state index contributed by atoms with van der Waals surface area (Å²) in [5.74, 6) is 0.392. The number of rotatable bonds is 8. The monoisotopic (exact) mass is 407 g/mol. The van der Waals surface area contributed by atoms with Crippen molar-refractivity contribution in [3.8, 4) is 11.3 Å². The van der Waals surface area contributed by atoms with Crippen LogP contribution in [0.25, 0.3) is 11.3 Å². The molecule has 8 nitrogen and oxygen atoms in total. The Labute approximate surface area is 164 Å². The summed E-state index contributed by atoms with van der Waals surface area (Å²) in [4.78, 5) is 15.0. The molecule has 28 heavy (non-hydrogen) atoms. The number of hydrogen-bond acceptors (Lipinski definition) is 6. The maximum atomic E-state index is 11.7. The smallest absolute Gasteiger partial charge is 0.294 e. The van der Waals surface area contributed by atoms with Crippen LogP contribution in [0.2, 0.25) is 0 Å². The Bertz CT molecular complexity index is 916. The van der Waals surface area contributed by atoms with Gasteiger partial charge in [-0.15, -0.1) is 10.1 Å². The van der Waals surface area contributed by atoms with Crippen LogP contribution in [0.1, 0.15) is 55.7 Å². The zero-order chi connectivity index (χ0) is 20.1. The molecule has 0 saturated heterocycles. The molecule has 0 spiro atoms. The molecule has 0 radical (unpaired) electrons. The first kappa shape index (κ1) is 20.3. The largest absolute Gasteiger partial charge is 0.314 e. The maximum absolute atomic E-state index is 11.7. The minimum atomic E-state index is -3.24. The van der Waals surface area contributed by atoms with Crippen LogP contribution in [0.5, 0.6) is 0 Å². The number of aromatic nitrogens is 2. The van der Waals surface area contributed by atoms with Crippen molar-refractivity contribution >= 4 is 9.84 Å². The number of nitrogens with zero attached hydrogens (tertiary/aromatic N) is 2. The predicted octanol–water partition coefficient (Wildman–Crippen LogP) is 3.67. The minimum Gasteiger partial charge on any atom is -0.314 e. The summed E-state index contributed by atoms with van der Waals surface area (Å²) in [7, 11) is -3.24. The Morgan fingerprint density at radius 2 is 1.89 bits per heavy atom. The first-order valence-electron chi connectivity index (χ1n) is 9.51. The molecule has 1 fully saturated rings. The standard InChI is InChI=1S/C19H25N3O5S/c1-28(25,26)16-11-9-15(10-12-16)19-18(14-6-3-2-4-7-14)17(20-21-19)8-5-13-27-22(23)24/h9-12,14H,2-8,13H2,1H3,(H,20,21). The van der Waals surface area contributed by atoms with Crippen molar-refractivity contribution < 1.29 is 18.3 Å². The summed E-state index contributed by atoms with van der Waals surface area (Å²) < 4.78 is 23.4. The van der Waals surface area contributed by atoms with Gasteiger partial charge in [0.05, 0.1) is 22.9 Å². The highest BCUT2D eigenvalue weighted by atomic mass is 32.2. The number of sulfone groups is 1. The Hall–Kier alpha value is -2.42. The zero-order valence-electron chi connectivity index (χ0n) is 15.9.